The lowest BCUT2D eigenvalue weighted by atomic mass is 9.98. The molecule has 0 aliphatic rings. The Morgan fingerprint density at radius 3 is 2.71 bits per heavy atom. The number of fused-ring (bicyclic) bond motifs is 1. The van der Waals surface area contributed by atoms with Crippen molar-refractivity contribution in [3.05, 3.63) is 24.0 Å². The quantitative estimate of drug-likeness (QED) is 0.884. The van der Waals surface area contributed by atoms with Crippen LogP contribution in [-0.4, -0.2) is 35.4 Å². The minimum atomic E-state index is -3.54. The second-order valence-corrected chi connectivity index (χ2v) is 7.24. The number of hydrogen-bond acceptors (Lipinski definition) is 5. The van der Waals surface area contributed by atoms with Crippen LogP contribution in [0.3, 0.4) is 0 Å². The Morgan fingerprint density at radius 1 is 1.43 bits per heavy atom. The highest BCUT2D eigenvalue weighted by Crippen LogP contribution is 2.20. The maximum atomic E-state index is 11.1. The van der Waals surface area contributed by atoms with Crippen molar-refractivity contribution in [2.45, 2.75) is 20.8 Å². The topological polar surface area (TPSA) is 99.6 Å². The number of nitrogens with two attached hydrogens (primary N) is 1. The van der Waals surface area contributed by atoms with Crippen LogP contribution < -0.4 is 9.88 Å². The van der Waals surface area contributed by atoms with Gasteiger partial charge >= 0.3 is 0 Å². The van der Waals surface area contributed by atoms with Crippen molar-refractivity contribution in [1.29, 1.82) is 0 Å². The van der Waals surface area contributed by atoms with Gasteiger partial charge in [-0.2, -0.15) is 0 Å². The maximum Gasteiger partial charge on any atom is 0.232 e. The highest BCUT2D eigenvalue weighted by molar-refractivity contribution is 7.89. The summed E-state index contributed by atoms with van der Waals surface area (Å²) in [6.07, 6.45) is 3.38. The van der Waals surface area contributed by atoms with Crippen LogP contribution in [-0.2, 0) is 10.0 Å². The molecule has 7 nitrogen and oxygen atoms in total. The van der Waals surface area contributed by atoms with E-state index >= 15 is 0 Å². The van der Waals surface area contributed by atoms with Gasteiger partial charge in [0, 0.05) is 23.9 Å². The fraction of sp³-hybridized carbons (Fsp3) is 0.500. The molecular formula is C12H19ClN4O3S. The number of aromatic nitrogens is 3. The van der Waals surface area contributed by atoms with Gasteiger partial charge in [-0.05, 0) is 12.5 Å². The van der Waals surface area contributed by atoms with Crippen LogP contribution in [0.1, 0.15) is 19.4 Å². The highest BCUT2D eigenvalue weighted by Gasteiger charge is 2.25. The first-order valence-corrected chi connectivity index (χ1v) is 7.82. The molecule has 0 fully saturated rings. The monoisotopic (exact) mass is 334 g/mol. The molecule has 2 heterocycles. The average molecular weight is 335 g/mol. The van der Waals surface area contributed by atoms with E-state index in [2.05, 4.69) is 10.1 Å². The van der Waals surface area contributed by atoms with Crippen LogP contribution in [0.15, 0.2) is 18.5 Å². The normalized spacial score (nSPS) is 12.2. The standard InChI is InChI=1S/C12H18N4O3S.ClH/c1-9-6-10(15-16-5-4-14-11(9)16)19-7-12(2,3)8-20(13,17)18;/h4-6H,7-8H2,1-3H3,(H2,13,17,18);1H. The molecule has 9 heteroatoms. The number of halogens is 1. The molecule has 0 saturated heterocycles. The van der Waals surface area contributed by atoms with E-state index in [1.165, 1.54) is 0 Å². The van der Waals surface area contributed by atoms with Gasteiger partial charge in [0.15, 0.2) is 5.65 Å². The number of nitrogens with zero attached hydrogens (tertiary/aromatic N) is 3. The molecule has 0 unspecified atom stereocenters. The molecule has 0 atom stereocenters. The van der Waals surface area contributed by atoms with Gasteiger partial charge in [0.05, 0.1) is 12.4 Å². The predicted molar refractivity (Wildman–Crippen MR) is 82.2 cm³/mol. The summed E-state index contributed by atoms with van der Waals surface area (Å²) < 4.78 is 29.5. The summed E-state index contributed by atoms with van der Waals surface area (Å²) in [6, 6.07) is 1.77. The number of rotatable bonds is 5. The Labute approximate surface area is 130 Å². The van der Waals surface area contributed by atoms with Crippen molar-refractivity contribution in [2.75, 3.05) is 12.4 Å². The molecular weight excluding hydrogens is 316 g/mol. The van der Waals surface area contributed by atoms with Crippen LogP contribution in [0.5, 0.6) is 5.88 Å². The van der Waals surface area contributed by atoms with Crippen molar-refractivity contribution < 1.29 is 13.2 Å². The van der Waals surface area contributed by atoms with E-state index in [9.17, 15) is 8.42 Å². The zero-order valence-corrected chi connectivity index (χ0v) is 13.7. The Balaban J connectivity index is 0.00000220. The summed E-state index contributed by atoms with van der Waals surface area (Å²) in [4.78, 5) is 4.17. The maximum absolute atomic E-state index is 11.1. The van der Waals surface area contributed by atoms with E-state index in [1.54, 1.807) is 36.8 Å². The minimum Gasteiger partial charge on any atom is -0.476 e. The van der Waals surface area contributed by atoms with Gasteiger partial charge in [0.2, 0.25) is 15.9 Å². The molecule has 0 aromatic carbocycles. The van der Waals surface area contributed by atoms with Crippen molar-refractivity contribution in [3.63, 3.8) is 0 Å². The predicted octanol–water partition coefficient (Wildman–Crippen LogP) is 1.15. The molecule has 0 amide bonds. The number of primary sulfonamides is 1. The molecule has 0 aliphatic heterocycles. The summed E-state index contributed by atoms with van der Waals surface area (Å²) in [5, 5.41) is 9.31. The Hall–Kier alpha value is -1.38. The van der Waals surface area contributed by atoms with E-state index < -0.39 is 15.4 Å². The third-order valence-electron chi connectivity index (χ3n) is 2.72. The lowest BCUT2D eigenvalue weighted by Crippen LogP contribution is -2.33. The van der Waals surface area contributed by atoms with E-state index in [4.69, 9.17) is 9.88 Å². The second-order valence-electron chi connectivity index (χ2n) is 5.62. The minimum absolute atomic E-state index is 0. The zero-order chi connectivity index (χ0) is 15.0. The van der Waals surface area contributed by atoms with Crippen LogP contribution >= 0.6 is 12.4 Å². The van der Waals surface area contributed by atoms with E-state index in [-0.39, 0.29) is 24.8 Å². The molecule has 21 heavy (non-hydrogen) atoms. The van der Waals surface area contributed by atoms with Gasteiger partial charge in [0.25, 0.3) is 0 Å². The third kappa shape index (κ3) is 4.83. The number of ether oxygens (including phenoxy) is 1. The number of imidazole rings is 1. The van der Waals surface area contributed by atoms with Crippen molar-refractivity contribution in [1.82, 2.24) is 14.6 Å². The smallest absolute Gasteiger partial charge is 0.232 e. The molecule has 2 N–H and O–H groups in total. The molecule has 0 radical (unpaired) electrons. The molecule has 0 aliphatic carbocycles. The van der Waals surface area contributed by atoms with E-state index in [0.29, 0.717) is 5.88 Å². The zero-order valence-electron chi connectivity index (χ0n) is 12.1. The van der Waals surface area contributed by atoms with Crippen molar-refractivity contribution in [2.24, 2.45) is 10.6 Å². The molecule has 2 rings (SSSR count). The molecule has 0 saturated carbocycles. The van der Waals surface area contributed by atoms with Gasteiger partial charge in [-0.25, -0.2) is 23.1 Å². The van der Waals surface area contributed by atoms with Gasteiger partial charge in [-0.3, -0.25) is 0 Å². The van der Waals surface area contributed by atoms with Gasteiger partial charge in [0.1, 0.15) is 0 Å². The summed E-state index contributed by atoms with van der Waals surface area (Å²) in [5.74, 6) is 0.280. The largest absolute Gasteiger partial charge is 0.476 e. The fourth-order valence-electron chi connectivity index (χ4n) is 1.97. The molecule has 2 aromatic heterocycles. The van der Waals surface area contributed by atoms with Gasteiger partial charge < -0.3 is 4.74 Å². The van der Waals surface area contributed by atoms with Crippen LogP contribution in [0.4, 0.5) is 0 Å². The fourth-order valence-corrected chi connectivity index (χ4v) is 3.14. The Bertz CT molecular complexity index is 727. The Morgan fingerprint density at radius 2 is 2.10 bits per heavy atom. The summed E-state index contributed by atoms with van der Waals surface area (Å²) >= 11 is 0. The molecule has 118 valence electrons. The summed E-state index contributed by atoms with van der Waals surface area (Å²) in [7, 11) is -3.54. The van der Waals surface area contributed by atoms with Crippen molar-refractivity contribution in [3.8, 4) is 5.88 Å². The molecule has 0 bridgehead atoms. The van der Waals surface area contributed by atoms with Gasteiger partial charge in [-0.1, -0.05) is 13.8 Å². The summed E-state index contributed by atoms with van der Waals surface area (Å²) in [5.41, 5.74) is 1.11. The number of sulfonamides is 1. The second kappa shape index (κ2) is 6.17. The van der Waals surface area contributed by atoms with Crippen LogP contribution in [0.2, 0.25) is 0 Å². The highest BCUT2D eigenvalue weighted by atomic mass is 35.5. The van der Waals surface area contributed by atoms with Gasteiger partial charge in [-0.15, -0.1) is 17.5 Å². The SMILES string of the molecule is Cc1cc(OCC(C)(C)CS(N)(=O)=O)nn2ccnc12.Cl. The van der Waals surface area contributed by atoms with E-state index in [1.807, 2.05) is 6.92 Å². The first-order chi connectivity index (χ1) is 9.16. The number of hydrogen-bond donors (Lipinski definition) is 1. The first-order valence-electron chi connectivity index (χ1n) is 6.11. The first kappa shape index (κ1) is 17.7. The number of aryl methyl sites for hydroxylation is 1. The molecule has 0 spiro atoms. The lowest BCUT2D eigenvalue weighted by Gasteiger charge is -2.23. The molecule has 2 aromatic rings. The van der Waals surface area contributed by atoms with Crippen LogP contribution in [0.25, 0.3) is 5.65 Å². The van der Waals surface area contributed by atoms with Crippen LogP contribution in [0, 0.1) is 12.3 Å². The van der Waals surface area contributed by atoms with E-state index in [0.717, 1.165) is 11.2 Å². The summed E-state index contributed by atoms with van der Waals surface area (Å²) in [6.45, 7) is 5.67. The Kier molecular flexibility index (Phi) is 5.19. The average Bonchev–Trinajstić information content (AvgIpc) is 2.72. The third-order valence-corrected chi connectivity index (χ3v) is 3.91. The lowest BCUT2D eigenvalue weighted by molar-refractivity contribution is 0.191. The van der Waals surface area contributed by atoms with Crippen molar-refractivity contribution >= 4 is 28.1 Å².